The van der Waals surface area contributed by atoms with Gasteiger partial charge in [-0.2, -0.15) is 0 Å². The van der Waals surface area contributed by atoms with Gasteiger partial charge in [-0.3, -0.25) is 9.59 Å². The van der Waals surface area contributed by atoms with Crippen LogP contribution in [0.25, 0.3) is 0 Å². The molecule has 6 heteroatoms. The number of aliphatic hydroxyl groups is 1. The van der Waals surface area contributed by atoms with E-state index in [2.05, 4.69) is 6.92 Å². The van der Waals surface area contributed by atoms with Crippen molar-refractivity contribution < 1.29 is 29.0 Å². The normalized spacial score (nSPS) is 13.7. The van der Waals surface area contributed by atoms with Gasteiger partial charge in [0, 0.05) is 6.42 Å². The van der Waals surface area contributed by atoms with Crippen LogP contribution in [0.4, 0.5) is 0 Å². The van der Waals surface area contributed by atoms with Crippen LogP contribution >= 0.6 is 0 Å². The topological polar surface area (TPSA) is 83.8 Å². The molecule has 2 atom stereocenters. The molecule has 0 rings (SSSR count). The molecule has 0 amide bonds. The van der Waals surface area contributed by atoms with Crippen molar-refractivity contribution in [2.24, 2.45) is 0 Å². The lowest BCUT2D eigenvalue weighted by atomic mass is 10.0. The highest BCUT2D eigenvalue weighted by Gasteiger charge is 2.24. The summed E-state index contributed by atoms with van der Waals surface area (Å²) in [7, 11) is 5.87. The van der Waals surface area contributed by atoms with Crippen molar-refractivity contribution >= 4 is 11.9 Å². The number of aliphatic hydroxyl groups excluding tert-OH is 1. The van der Waals surface area contributed by atoms with Crippen LogP contribution in [0.2, 0.25) is 0 Å². The number of esters is 1. The first-order valence-corrected chi connectivity index (χ1v) is 12.5. The Hall–Kier alpha value is -1.14. The Morgan fingerprint density at radius 1 is 0.806 bits per heavy atom. The summed E-state index contributed by atoms with van der Waals surface area (Å²) in [5.41, 5.74) is 0. The summed E-state index contributed by atoms with van der Waals surface area (Å²) in [6.45, 7) is 2.71. The average molecular weight is 445 g/mol. The maximum Gasteiger partial charge on any atom is 0.307 e. The number of carbonyl (C=O) groups excluding carboxylic acids is 1. The molecule has 0 saturated carbocycles. The van der Waals surface area contributed by atoms with Crippen LogP contribution in [0, 0.1) is 0 Å². The molecule has 2 N–H and O–H groups in total. The number of hydrogen-bond acceptors (Lipinski definition) is 4. The number of nitrogens with zero attached hydrogens (tertiary/aromatic N) is 1. The van der Waals surface area contributed by atoms with Crippen LogP contribution in [0.3, 0.4) is 0 Å². The number of carbonyl (C=O) groups is 2. The van der Waals surface area contributed by atoms with Crippen molar-refractivity contribution in [1.82, 2.24) is 0 Å². The van der Waals surface area contributed by atoms with Crippen LogP contribution in [-0.2, 0) is 14.3 Å². The molecule has 0 aliphatic rings. The number of quaternary nitrogens is 1. The van der Waals surface area contributed by atoms with E-state index in [9.17, 15) is 14.7 Å². The maximum absolute atomic E-state index is 12.0. The van der Waals surface area contributed by atoms with Crippen molar-refractivity contribution in [3.05, 3.63) is 0 Å². The second-order valence-electron chi connectivity index (χ2n) is 10.1. The number of rotatable bonds is 21. The summed E-state index contributed by atoms with van der Waals surface area (Å²) in [6, 6.07) is 0. The quantitative estimate of drug-likeness (QED) is 0.142. The Balaban J connectivity index is 3.66. The maximum atomic E-state index is 12.0. The largest absolute Gasteiger partial charge is 0.481 e. The number of ether oxygens (including phenoxy) is 1. The summed E-state index contributed by atoms with van der Waals surface area (Å²) >= 11 is 0. The molecule has 0 bridgehead atoms. The molecule has 0 spiro atoms. The van der Waals surface area contributed by atoms with E-state index < -0.39 is 12.1 Å². The molecule has 0 aromatic rings. The van der Waals surface area contributed by atoms with Crippen molar-refractivity contribution in [2.75, 3.05) is 27.7 Å². The summed E-state index contributed by atoms with van der Waals surface area (Å²) in [5, 5.41) is 19.0. The Morgan fingerprint density at radius 2 is 1.29 bits per heavy atom. The predicted molar refractivity (Wildman–Crippen MR) is 126 cm³/mol. The highest BCUT2D eigenvalue weighted by molar-refractivity contribution is 5.71. The fourth-order valence-electron chi connectivity index (χ4n) is 3.86. The predicted octanol–water partition coefficient (Wildman–Crippen LogP) is 5.31. The minimum atomic E-state index is -0.939. The third kappa shape index (κ3) is 21.9. The fourth-order valence-corrected chi connectivity index (χ4v) is 3.86. The number of unbranched alkanes of at least 4 members (excludes halogenated alkanes) is 10. The van der Waals surface area contributed by atoms with Gasteiger partial charge >= 0.3 is 11.9 Å². The van der Waals surface area contributed by atoms with Crippen LogP contribution in [0.5, 0.6) is 0 Å². The van der Waals surface area contributed by atoms with Gasteiger partial charge in [-0.15, -0.1) is 0 Å². The van der Waals surface area contributed by atoms with E-state index in [1.165, 1.54) is 32.1 Å². The smallest absolute Gasteiger partial charge is 0.307 e. The molecule has 31 heavy (non-hydrogen) atoms. The summed E-state index contributed by atoms with van der Waals surface area (Å²) in [5.74, 6) is -1.23. The molecule has 0 radical (unpaired) electrons. The van der Waals surface area contributed by atoms with Crippen molar-refractivity contribution in [3.8, 4) is 0 Å². The Kier molecular flexibility index (Phi) is 17.8. The molecule has 0 aliphatic heterocycles. The van der Waals surface area contributed by atoms with Crippen LogP contribution in [0.15, 0.2) is 0 Å². The zero-order valence-electron chi connectivity index (χ0n) is 20.7. The van der Waals surface area contributed by atoms with Gasteiger partial charge in [0.05, 0.1) is 33.7 Å². The summed E-state index contributed by atoms with van der Waals surface area (Å²) in [4.78, 5) is 23.0. The van der Waals surface area contributed by atoms with E-state index in [-0.39, 0.29) is 18.5 Å². The first kappa shape index (κ1) is 29.9. The Morgan fingerprint density at radius 3 is 1.77 bits per heavy atom. The molecule has 0 aromatic carbocycles. The third-order valence-electron chi connectivity index (χ3n) is 5.51. The minimum absolute atomic E-state index is 0.130. The number of hydrogen-bond donors (Lipinski definition) is 2. The van der Waals surface area contributed by atoms with Crippen molar-refractivity contribution in [1.29, 1.82) is 0 Å². The highest BCUT2D eigenvalue weighted by atomic mass is 16.5. The molecule has 0 aromatic heterocycles. The summed E-state index contributed by atoms with van der Waals surface area (Å²) < 4.78 is 5.96. The van der Waals surface area contributed by atoms with E-state index in [1.807, 2.05) is 21.1 Å². The van der Waals surface area contributed by atoms with Gasteiger partial charge in [0.25, 0.3) is 0 Å². The van der Waals surface area contributed by atoms with E-state index >= 15 is 0 Å². The molecular formula is C25H50NO5+. The van der Waals surface area contributed by atoms with Gasteiger partial charge < -0.3 is 19.4 Å². The Bertz CT molecular complexity index is 461. The lowest BCUT2D eigenvalue weighted by molar-refractivity contribution is -0.873. The van der Waals surface area contributed by atoms with E-state index in [0.29, 0.717) is 17.4 Å². The minimum Gasteiger partial charge on any atom is -0.481 e. The molecular weight excluding hydrogens is 394 g/mol. The molecule has 0 saturated heterocycles. The Labute approximate surface area is 190 Å². The van der Waals surface area contributed by atoms with Gasteiger partial charge in [0.1, 0.15) is 6.54 Å². The van der Waals surface area contributed by atoms with Crippen LogP contribution < -0.4 is 0 Å². The molecule has 0 aliphatic carbocycles. The standard InChI is InChI=1S/C25H49NO5/c1-5-6-7-11-14-17-22(27)18-15-12-9-8-10-13-16-19-25(30)31-23(20-24(28)29)21-26(2,3)4/h22-23,27H,5-21H2,1-4H3/p+1. The fraction of sp³-hybridized carbons (Fsp3) is 0.920. The average Bonchev–Trinajstić information content (AvgIpc) is 2.64. The second-order valence-corrected chi connectivity index (χ2v) is 10.1. The second kappa shape index (κ2) is 18.4. The number of aliphatic carboxylic acids is 1. The van der Waals surface area contributed by atoms with Gasteiger partial charge in [-0.25, -0.2) is 0 Å². The number of carboxylic acids is 1. The molecule has 6 nitrogen and oxygen atoms in total. The number of carboxylic acid groups (broad SMARTS) is 1. The highest BCUT2D eigenvalue weighted by Crippen LogP contribution is 2.15. The van der Waals surface area contributed by atoms with Gasteiger partial charge in [-0.1, -0.05) is 77.6 Å². The lowest BCUT2D eigenvalue weighted by Crippen LogP contribution is -2.43. The molecule has 184 valence electrons. The van der Waals surface area contributed by atoms with E-state index in [4.69, 9.17) is 9.84 Å². The first-order chi connectivity index (χ1) is 14.6. The first-order valence-electron chi connectivity index (χ1n) is 12.5. The zero-order chi connectivity index (χ0) is 23.5. The van der Waals surface area contributed by atoms with Crippen LogP contribution in [0.1, 0.15) is 110 Å². The van der Waals surface area contributed by atoms with E-state index in [1.54, 1.807) is 0 Å². The van der Waals surface area contributed by atoms with Crippen LogP contribution in [-0.4, -0.2) is 66.5 Å². The number of likely N-dealkylation sites (N-methyl/N-ethyl adjacent to an activating group) is 1. The third-order valence-corrected chi connectivity index (χ3v) is 5.51. The van der Waals surface area contributed by atoms with E-state index in [0.717, 1.165) is 57.8 Å². The van der Waals surface area contributed by atoms with Gasteiger partial charge in [0.2, 0.25) is 0 Å². The molecule has 0 fully saturated rings. The van der Waals surface area contributed by atoms with Crippen molar-refractivity contribution in [2.45, 2.75) is 122 Å². The lowest BCUT2D eigenvalue weighted by Gasteiger charge is -2.28. The molecule has 0 heterocycles. The monoisotopic (exact) mass is 444 g/mol. The van der Waals surface area contributed by atoms with Gasteiger partial charge in [-0.05, 0) is 19.3 Å². The van der Waals surface area contributed by atoms with Gasteiger partial charge in [0.15, 0.2) is 6.10 Å². The SMILES string of the molecule is CCCCCCCC(O)CCCCCCCCCC(=O)OC(CC(=O)O)C[N+](C)(C)C. The molecule has 2 unspecified atom stereocenters. The van der Waals surface area contributed by atoms with Crippen molar-refractivity contribution in [3.63, 3.8) is 0 Å². The summed E-state index contributed by atoms with van der Waals surface area (Å²) in [6.07, 6.45) is 15.1. The zero-order valence-corrected chi connectivity index (χ0v) is 20.7.